The van der Waals surface area contributed by atoms with Crippen LogP contribution in [0.15, 0.2) is 24.3 Å². The number of fused-ring (bicyclic) bond motifs is 3. The quantitative estimate of drug-likeness (QED) is 0.646. The first-order chi connectivity index (χ1) is 11.7. The lowest BCUT2D eigenvalue weighted by Crippen LogP contribution is -2.45. The van der Waals surface area contributed by atoms with Crippen molar-refractivity contribution in [1.82, 2.24) is 9.88 Å². The number of hydrogen-bond donors (Lipinski definition) is 2. The Morgan fingerprint density at radius 2 is 2.25 bits per heavy atom. The van der Waals surface area contributed by atoms with E-state index >= 15 is 0 Å². The second-order valence-corrected chi connectivity index (χ2v) is 7.64. The molecule has 0 bridgehead atoms. The number of hydrogen-bond acceptors (Lipinski definition) is 3. The zero-order valence-corrected chi connectivity index (χ0v) is 15.2. The molecule has 2 aliphatic heterocycles. The molecule has 1 N–H and O–H groups in total. The van der Waals surface area contributed by atoms with Crippen molar-refractivity contribution in [2.24, 2.45) is 0 Å². The molecule has 4 rings (SSSR count). The van der Waals surface area contributed by atoms with E-state index in [1.807, 2.05) is 0 Å². The molecule has 1 aromatic heterocycles. The summed E-state index contributed by atoms with van der Waals surface area (Å²) < 4.78 is 12.4. The second kappa shape index (κ2) is 7.04. The summed E-state index contributed by atoms with van der Waals surface area (Å²) in [6, 6.07) is 8.66. The number of rotatable bonds is 3. The summed E-state index contributed by atoms with van der Waals surface area (Å²) >= 11 is 9.79. The highest BCUT2D eigenvalue weighted by Gasteiger charge is 2.30. The number of aromatic nitrogens is 1. The molecular weight excluding hydrogens is 340 g/mol. The Hall–Kier alpha value is -1.08. The normalized spacial score (nSPS) is 24.1. The Balaban J connectivity index is 1.55. The molecule has 4 nitrogen and oxygen atoms in total. The highest BCUT2D eigenvalue weighted by Crippen LogP contribution is 2.31. The Bertz CT molecular complexity index is 740. The van der Waals surface area contributed by atoms with Gasteiger partial charge in [-0.05, 0) is 37.3 Å². The highest BCUT2D eigenvalue weighted by atomic mass is 32.1. The van der Waals surface area contributed by atoms with Crippen molar-refractivity contribution in [3.05, 3.63) is 35.5 Å². The fourth-order valence-electron chi connectivity index (χ4n) is 3.70. The van der Waals surface area contributed by atoms with Crippen molar-refractivity contribution in [1.29, 1.82) is 0 Å². The number of thiocarbonyl (C=S) groups is 1. The minimum absolute atomic E-state index is 0.0709. The number of nitrogens with zero attached hydrogens (tertiary/aromatic N) is 1. The molecule has 2 aromatic rings. The molecule has 1 unspecified atom stereocenters. The van der Waals surface area contributed by atoms with E-state index in [1.54, 1.807) is 0 Å². The highest BCUT2D eigenvalue weighted by molar-refractivity contribution is 8.10. The van der Waals surface area contributed by atoms with E-state index in [0.717, 1.165) is 32.4 Å². The first-order valence-electron chi connectivity index (χ1n) is 8.53. The van der Waals surface area contributed by atoms with Crippen LogP contribution in [0.25, 0.3) is 10.9 Å². The Kier molecular flexibility index (Phi) is 4.81. The van der Waals surface area contributed by atoms with Gasteiger partial charge < -0.3 is 19.4 Å². The summed E-state index contributed by atoms with van der Waals surface area (Å²) in [7, 11) is 0. The first-order valence-corrected chi connectivity index (χ1v) is 9.39. The summed E-state index contributed by atoms with van der Waals surface area (Å²) in [6.45, 7) is 2.17. The van der Waals surface area contributed by atoms with Crippen LogP contribution in [0, 0.1) is 0 Å². The van der Waals surface area contributed by atoms with Gasteiger partial charge in [-0.1, -0.05) is 30.4 Å². The SMILES string of the molecule is S=C(S)N1Cc2[nH]c3ccccc3c2C[C@H]1COC1CCCCO1. The molecule has 1 fully saturated rings. The zero-order chi connectivity index (χ0) is 16.5. The van der Waals surface area contributed by atoms with E-state index in [-0.39, 0.29) is 12.3 Å². The van der Waals surface area contributed by atoms with E-state index in [9.17, 15) is 0 Å². The van der Waals surface area contributed by atoms with Crippen LogP contribution in [0.1, 0.15) is 30.5 Å². The summed E-state index contributed by atoms with van der Waals surface area (Å²) in [4.78, 5) is 5.68. The topological polar surface area (TPSA) is 37.5 Å². The van der Waals surface area contributed by atoms with Gasteiger partial charge in [0.25, 0.3) is 0 Å². The molecule has 2 atom stereocenters. The first kappa shape index (κ1) is 16.4. The van der Waals surface area contributed by atoms with Crippen LogP contribution in [-0.4, -0.2) is 39.8 Å². The van der Waals surface area contributed by atoms with Crippen LogP contribution in [0.3, 0.4) is 0 Å². The predicted octanol–water partition coefficient (Wildman–Crippen LogP) is 3.65. The number of benzene rings is 1. The van der Waals surface area contributed by atoms with Gasteiger partial charge in [0, 0.05) is 23.2 Å². The maximum absolute atomic E-state index is 6.04. The minimum atomic E-state index is -0.0709. The Morgan fingerprint density at radius 1 is 1.38 bits per heavy atom. The smallest absolute Gasteiger partial charge is 0.157 e. The number of para-hydroxylation sites is 1. The van der Waals surface area contributed by atoms with Gasteiger partial charge in [0.05, 0.1) is 19.2 Å². The van der Waals surface area contributed by atoms with E-state index in [0.29, 0.717) is 10.9 Å². The molecule has 24 heavy (non-hydrogen) atoms. The maximum Gasteiger partial charge on any atom is 0.157 e. The average Bonchev–Trinajstić information content (AvgIpc) is 2.97. The van der Waals surface area contributed by atoms with E-state index in [4.69, 9.17) is 21.7 Å². The monoisotopic (exact) mass is 362 g/mol. The fourth-order valence-corrected chi connectivity index (χ4v) is 4.15. The largest absolute Gasteiger partial charge is 0.357 e. The van der Waals surface area contributed by atoms with Gasteiger partial charge in [0.1, 0.15) is 4.32 Å². The molecule has 0 amide bonds. The standard InChI is InChI=1S/C18H22N2O2S2/c23-18(24)20-10-16-14(13-5-1-2-6-15(13)19-16)9-12(20)11-22-17-7-3-4-8-21-17/h1-2,5-6,12,17,19H,3-4,7-11H2,(H,23,24)/t12-,17?/m0/s1. The molecular formula is C18H22N2O2S2. The molecule has 2 aliphatic rings. The lowest BCUT2D eigenvalue weighted by atomic mass is 9.97. The lowest BCUT2D eigenvalue weighted by molar-refractivity contribution is -0.169. The summed E-state index contributed by atoms with van der Waals surface area (Å²) in [5.41, 5.74) is 3.80. The molecule has 6 heteroatoms. The average molecular weight is 363 g/mol. The molecule has 1 saturated heterocycles. The third kappa shape index (κ3) is 3.20. The summed E-state index contributed by atoms with van der Waals surface area (Å²) in [5.74, 6) is 0. The Morgan fingerprint density at radius 3 is 3.04 bits per heavy atom. The van der Waals surface area contributed by atoms with Crippen LogP contribution in [0.2, 0.25) is 0 Å². The molecule has 0 aliphatic carbocycles. The van der Waals surface area contributed by atoms with Crippen molar-refractivity contribution >= 4 is 40.1 Å². The third-order valence-corrected chi connectivity index (χ3v) is 5.46. The molecule has 3 heterocycles. The van der Waals surface area contributed by atoms with Crippen molar-refractivity contribution in [2.75, 3.05) is 13.2 Å². The van der Waals surface area contributed by atoms with Crippen molar-refractivity contribution in [3.63, 3.8) is 0 Å². The van der Waals surface area contributed by atoms with Crippen LogP contribution in [-0.2, 0) is 22.4 Å². The molecule has 0 radical (unpaired) electrons. The van der Waals surface area contributed by atoms with Crippen LogP contribution in [0.4, 0.5) is 0 Å². The summed E-state index contributed by atoms with van der Waals surface area (Å²) in [5, 5.41) is 1.30. The van der Waals surface area contributed by atoms with Gasteiger partial charge in [0.2, 0.25) is 0 Å². The van der Waals surface area contributed by atoms with Crippen molar-refractivity contribution in [2.45, 2.75) is 44.6 Å². The van der Waals surface area contributed by atoms with Crippen LogP contribution in [0.5, 0.6) is 0 Å². The second-order valence-electron chi connectivity index (χ2n) is 6.53. The number of H-pyrrole nitrogens is 1. The van der Waals surface area contributed by atoms with E-state index in [2.05, 4.69) is 46.8 Å². The minimum Gasteiger partial charge on any atom is -0.357 e. The predicted molar refractivity (Wildman–Crippen MR) is 102 cm³/mol. The Labute approximate surface area is 152 Å². The van der Waals surface area contributed by atoms with Gasteiger partial charge in [-0.25, -0.2) is 0 Å². The van der Waals surface area contributed by atoms with Gasteiger partial charge in [0.15, 0.2) is 6.29 Å². The zero-order valence-electron chi connectivity index (χ0n) is 13.5. The van der Waals surface area contributed by atoms with E-state index < -0.39 is 0 Å². The molecule has 128 valence electrons. The summed E-state index contributed by atoms with van der Waals surface area (Å²) in [6.07, 6.45) is 4.13. The number of ether oxygens (including phenoxy) is 2. The van der Waals surface area contributed by atoms with Crippen LogP contribution < -0.4 is 0 Å². The van der Waals surface area contributed by atoms with E-state index in [1.165, 1.54) is 28.6 Å². The third-order valence-electron chi connectivity index (χ3n) is 4.97. The molecule has 0 spiro atoms. The number of nitrogens with one attached hydrogen (secondary N) is 1. The van der Waals surface area contributed by atoms with Gasteiger partial charge >= 0.3 is 0 Å². The molecule has 0 saturated carbocycles. The lowest BCUT2D eigenvalue weighted by Gasteiger charge is -2.37. The fraction of sp³-hybridized carbons (Fsp3) is 0.500. The maximum atomic E-state index is 6.04. The van der Waals surface area contributed by atoms with Gasteiger partial charge in [-0.3, -0.25) is 0 Å². The van der Waals surface area contributed by atoms with Crippen molar-refractivity contribution < 1.29 is 9.47 Å². The molecule has 1 aromatic carbocycles. The van der Waals surface area contributed by atoms with Crippen LogP contribution >= 0.6 is 24.8 Å². The van der Waals surface area contributed by atoms with Gasteiger partial charge in [-0.2, -0.15) is 0 Å². The van der Waals surface area contributed by atoms with Crippen molar-refractivity contribution in [3.8, 4) is 0 Å². The number of thiol groups is 1. The number of aromatic amines is 1. The van der Waals surface area contributed by atoms with Gasteiger partial charge in [-0.15, -0.1) is 12.6 Å².